The van der Waals surface area contributed by atoms with Crippen LogP contribution in [0.15, 0.2) is 35.3 Å². The van der Waals surface area contributed by atoms with E-state index in [1.807, 2.05) is 6.07 Å². The van der Waals surface area contributed by atoms with Gasteiger partial charge in [0, 0.05) is 6.20 Å². The van der Waals surface area contributed by atoms with Crippen molar-refractivity contribution >= 4 is 33.2 Å². The number of hydrogen-bond donors (Lipinski definition) is 0. The van der Waals surface area contributed by atoms with E-state index in [0.29, 0.717) is 20.7 Å². The van der Waals surface area contributed by atoms with Gasteiger partial charge in [0.05, 0.1) is 12.5 Å². The van der Waals surface area contributed by atoms with Gasteiger partial charge < -0.3 is 4.74 Å². The maximum Gasteiger partial charge on any atom is 0.348 e. The van der Waals surface area contributed by atoms with Crippen molar-refractivity contribution < 1.29 is 9.53 Å². The summed E-state index contributed by atoms with van der Waals surface area (Å²) in [4.78, 5) is 28.9. The molecule has 6 heteroatoms. The van der Waals surface area contributed by atoms with E-state index in [-0.39, 0.29) is 5.56 Å². The number of thiophene rings is 1. The number of methoxy groups -OCH3 is 1. The maximum absolute atomic E-state index is 12.2. The van der Waals surface area contributed by atoms with Crippen LogP contribution >= 0.6 is 11.3 Å². The Morgan fingerprint density at radius 2 is 2.28 bits per heavy atom. The Labute approximate surface area is 105 Å². The van der Waals surface area contributed by atoms with Gasteiger partial charge in [-0.2, -0.15) is 0 Å². The molecular formula is C12H8N2O3S. The van der Waals surface area contributed by atoms with Crippen LogP contribution in [0.1, 0.15) is 9.67 Å². The van der Waals surface area contributed by atoms with E-state index in [2.05, 4.69) is 9.72 Å². The summed E-state index contributed by atoms with van der Waals surface area (Å²) in [7, 11) is 1.31. The molecule has 3 aromatic rings. The zero-order valence-electron chi connectivity index (χ0n) is 9.41. The second-order valence-electron chi connectivity index (χ2n) is 3.67. The third-order valence-electron chi connectivity index (χ3n) is 2.60. The van der Waals surface area contributed by atoms with Gasteiger partial charge in [0.1, 0.15) is 15.4 Å². The molecule has 3 heterocycles. The SMILES string of the molecule is COC(=O)c1cc2c(=O)n3ccccc3nc2s1. The van der Waals surface area contributed by atoms with Crippen molar-refractivity contribution in [2.45, 2.75) is 0 Å². The van der Waals surface area contributed by atoms with Gasteiger partial charge in [-0.15, -0.1) is 11.3 Å². The number of esters is 1. The number of rotatable bonds is 1. The van der Waals surface area contributed by atoms with Crippen molar-refractivity contribution in [1.82, 2.24) is 9.38 Å². The molecule has 3 aromatic heterocycles. The zero-order chi connectivity index (χ0) is 12.7. The number of aromatic nitrogens is 2. The van der Waals surface area contributed by atoms with Crippen LogP contribution in [0.5, 0.6) is 0 Å². The van der Waals surface area contributed by atoms with Gasteiger partial charge in [-0.1, -0.05) is 6.07 Å². The Balaban J connectivity index is 2.40. The number of nitrogens with zero attached hydrogens (tertiary/aromatic N) is 2. The van der Waals surface area contributed by atoms with Gasteiger partial charge in [0.2, 0.25) is 0 Å². The molecule has 0 aliphatic carbocycles. The van der Waals surface area contributed by atoms with Gasteiger partial charge in [0.25, 0.3) is 5.56 Å². The van der Waals surface area contributed by atoms with Gasteiger partial charge >= 0.3 is 5.97 Å². The summed E-state index contributed by atoms with van der Waals surface area (Å²) in [5, 5.41) is 0.434. The van der Waals surface area contributed by atoms with E-state index in [4.69, 9.17) is 0 Å². The predicted molar refractivity (Wildman–Crippen MR) is 68.2 cm³/mol. The lowest BCUT2D eigenvalue weighted by atomic mass is 10.3. The van der Waals surface area contributed by atoms with Crippen molar-refractivity contribution in [1.29, 1.82) is 0 Å². The molecule has 18 heavy (non-hydrogen) atoms. The number of pyridine rings is 1. The Kier molecular flexibility index (Phi) is 2.38. The highest BCUT2D eigenvalue weighted by molar-refractivity contribution is 7.20. The Morgan fingerprint density at radius 1 is 1.44 bits per heavy atom. The fourth-order valence-corrected chi connectivity index (χ4v) is 2.70. The van der Waals surface area contributed by atoms with Gasteiger partial charge in [-0.25, -0.2) is 9.78 Å². The quantitative estimate of drug-likeness (QED) is 0.625. The zero-order valence-corrected chi connectivity index (χ0v) is 10.2. The molecule has 5 nitrogen and oxygen atoms in total. The predicted octanol–water partition coefficient (Wildman–Crippen LogP) is 1.70. The van der Waals surface area contributed by atoms with Crippen molar-refractivity contribution in [3.63, 3.8) is 0 Å². The topological polar surface area (TPSA) is 60.7 Å². The smallest absolute Gasteiger partial charge is 0.348 e. The molecule has 90 valence electrons. The molecule has 0 saturated carbocycles. The average molecular weight is 260 g/mol. The first-order chi connectivity index (χ1) is 8.70. The Bertz CT molecular complexity index is 819. The second kappa shape index (κ2) is 3.92. The van der Waals surface area contributed by atoms with Crippen molar-refractivity contribution in [2.75, 3.05) is 7.11 Å². The van der Waals surface area contributed by atoms with Gasteiger partial charge in [-0.05, 0) is 18.2 Å². The molecule has 0 amide bonds. The van der Waals surface area contributed by atoms with Crippen molar-refractivity contribution in [2.24, 2.45) is 0 Å². The monoisotopic (exact) mass is 260 g/mol. The molecule has 0 aliphatic rings. The van der Waals surface area contributed by atoms with Gasteiger partial charge in [-0.3, -0.25) is 9.20 Å². The molecule has 3 rings (SSSR count). The summed E-state index contributed by atoms with van der Waals surface area (Å²) in [5.41, 5.74) is 0.385. The molecule has 0 fully saturated rings. The standard InChI is InChI=1S/C12H8N2O3S/c1-17-12(16)8-6-7-10(18-8)13-9-4-2-3-5-14(9)11(7)15/h2-6H,1H3. The molecule has 0 N–H and O–H groups in total. The van der Waals surface area contributed by atoms with Gasteiger partial charge in [0.15, 0.2) is 0 Å². The minimum absolute atomic E-state index is 0.179. The first-order valence-corrected chi connectivity index (χ1v) is 6.01. The van der Waals surface area contributed by atoms with E-state index in [1.54, 1.807) is 18.3 Å². The molecule has 0 radical (unpaired) electrons. The molecule has 0 saturated heterocycles. The maximum atomic E-state index is 12.2. The second-order valence-corrected chi connectivity index (χ2v) is 4.70. The highest BCUT2D eigenvalue weighted by Crippen LogP contribution is 2.22. The van der Waals surface area contributed by atoms with Crippen LogP contribution in [-0.4, -0.2) is 22.5 Å². The Morgan fingerprint density at radius 3 is 3.06 bits per heavy atom. The summed E-state index contributed by atoms with van der Waals surface area (Å²) < 4.78 is 6.09. The van der Waals surface area contributed by atoms with E-state index < -0.39 is 5.97 Å². The average Bonchev–Trinajstić information content (AvgIpc) is 2.82. The third kappa shape index (κ3) is 1.50. The van der Waals surface area contributed by atoms with Crippen LogP contribution < -0.4 is 5.56 Å². The molecular weight excluding hydrogens is 252 g/mol. The van der Waals surface area contributed by atoms with Crippen LogP contribution in [0.4, 0.5) is 0 Å². The molecule has 0 unspecified atom stereocenters. The lowest BCUT2D eigenvalue weighted by Crippen LogP contribution is -2.13. The van der Waals surface area contributed by atoms with E-state index in [0.717, 1.165) is 11.3 Å². The fourth-order valence-electron chi connectivity index (χ4n) is 1.75. The summed E-state index contributed by atoms with van der Waals surface area (Å²) >= 11 is 1.16. The van der Waals surface area contributed by atoms with Crippen LogP contribution in [0.2, 0.25) is 0 Å². The number of fused-ring (bicyclic) bond motifs is 2. The molecule has 0 aromatic carbocycles. The third-order valence-corrected chi connectivity index (χ3v) is 3.61. The minimum atomic E-state index is -0.452. The summed E-state index contributed by atoms with van der Waals surface area (Å²) in [6, 6.07) is 6.84. The lowest BCUT2D eigenvalue weighted by Gasteiger charge is -1.97. The van der Waals surface area contributed by atoms with E-state index >= 15 is 0 Å². The van der Waals surface area contributed by atoms with Crippen LogP contribution in [0, 0.1) is 0 Å². The highest BCUT2D eigenvalue weighted by atomic mass is 32.1. The van der Waals surface area contributed by atoms with Crippen LogP contribution in [0.25, 0.3) is 15.9 Å². The molecule has 0 spiro atoms. The van der Waals surface area contributed by atoms with Crippen molar-refractivity contribution in [3.8, 4) is 0 Å². The molecule has 0 aliphatic heterocycles. The lowest BCUT2D eigenvalue weighted by molar-refractivity contribution is 0.0606. The van der Waals surface area contributed by atoms with Crippen molar-refractivity contribution in [3.05, 3.63) is 45.7 Å². The minimum Gasteiger partial charge on any atom is -0.465 e. The largest absolute Gasteiger partial charge is 0.465 e. The Hall–Kier alpha value is -2.21. The summed E-state index contributed by atoms with van der Waals surface area (Å²) in [5.74, 6) is -0.452. The highest BCUT2D eigenvalue weighted by Gasteiger charge is 2.14. The van der Waals surface area contributed by atoms with Crippen LogP contribution in [0.3, 0.4) is 0 Å². The normalized spacial score (nSPS) is 10.9. The number of carbonyl (C=O) groups excluding carboxylic acids is 1. The fraction of sp³-hybridized carbons (Fsp3) is 0.0833. The first-order valence-electron chi connectivity index (χ1n) is 5.20. The van der Waals surface area contributed by atoms with Crippen LogP contribution in [-0.2, 0) is 4.74 Å². The summed E-state index contributed by atoms with van der Waals surface area (Å²) in [6.45, 7) is 0. The molecule has 0 atom stereocenters. The van der Waals surface area contributed by atoms with E-state index in [1.165, 1.54) is 17.6 Å². The number of carbonyl (C=O) groups is 1. The number of ether oxygens (including phenoxy) is 1. The van der Waals surface area contributed by atoms with E-state index in [9.17, 15) is 9.59 Å². The molecule has 0 bridgehead atoms. The first kappa shape index (κ1) is 10.9. The summed E-state index contributed by atoms with van der Waals surface area (Å²) in [6.07, 6.45) is 1.65. The number of hydrogen-bond acceptors (Lipinski definition) is 5.